The van der Waals surface area contributed by atoms with Crippen molar-refractivity contribution in [1.29, 1.82) is 0 Å². The quantitative estimate of drug-likeness (QED) is 0.905. The normalized spacial score (nSPS) is 20.3. The number of aromatic nitrogens is 1. The summed E-state index contributed by atoms with van der Waals surface area (Å²) in [6.07, 6.45) is 1.63. The van der Waals surface area contributed by atoms with Gasteiger partial charge in [0.05, 0.1) is 22.0 Å². The number of aryl methyl sites for hydroxylation is 1. The molecule has 0 spiro atoms. The summed E-state index contributed by atoms with van der Waals surface area (Å²) in [6, 6.07) is 9.86. The van der Waals surface area contributed by atoms with Gasteiger partial charge in [-0.05, 0) is 50.6 Å². The largest absolute Gasteiger partial charge is 0.481 e. The minimum absolute atomic E-state index is 0.0328. The van der Waals surface area contributed by atoms with Gasteiger partial charge in [-0.1, -0.05) is 17.7 Å². The first kappa shape index (κ1) is 16.4. The summed E-state index contributed by atoms with van der Waals surface area (Å²) in [6.45, 7) is 3.39. The molecule has 4 nitrogen and oxygen atoms in total. The van der Waals surface area contributed by atoms with E-state index in [0.29, 0.717) is 6.54 Å². The van der Waals surface area contributed by atoms with Gasteiger partial charge >= 0.3 is 5.97 Å². The number of carboxylic acid groups (broad SMARTS) is 1. The molecule has 0 aliphatic carbocycles. The van der Waals surface area contributed by atoms with Crippen LogP contribution in [0.25, 0.3) is 0 Å². The van der Waals surface area contributed by atoms with E-state index in [0.717, 1.165) is 40.0 Å². The molecule has 1 aliphatic rings. The summed E-state index contributed by atoms with van der Waals surface area (Å²) < 4.78 is 0.740. The molecule has 3 heterocycles. The van der Waals surface area contributed by atoms with Gasteiger partial charge in [0.1, 0.15) is 0 Å². The number of thiophene rings is 1. The molecule has 0 aromatic carbocycles. The van der Waals surface area contributed by atoms with Crippen molar-refractivity contribution >= 4 is 28.9 Å². The topological polar surface area (TPSA) is 53.4 Å². The number of nitrogens with zero attached hydrogens (tertiary/aromatic N) is 2. The highest BCUT2D eigenvalue weighted by atomic mass is 35.5. The third-order valence-corrected chi connectivity index (χ3v) is 5.50. The number of aliphatic carboxylic acids is 1. The van der Waals surface area contributed by atoms with Gasteiger partial charge in [0.15, 0.2) is 0 Å². The minimum Gasteiger partial charge on any atom is -0.481 e. The van der Waals surface area contributed by atoms with Gasteiger partial charge in [-0.15, -0.1) is 11.3 Å². The fraction of sp³-hybridized carbons (Fsp3) is 0.412. The maximum Gasteiger partial charge on any atom is 0.307 e. The number of likely N-dealkylation sites (tertiary alicyclic amines) is 1. The van der Waals surface area contributed by atoms with Gasteiger partial charge in [0.2, 0.25) is 0 Å². The van der Waals surface area contributed by atoms with Gasteiger partial charge < -0.3 is 5.11 Å². The first-order chi connectivity index (χ1) is 11.0. The van der Waals surface area contributed by atoms with Gasteiger partial charge in [-0.3, -0.25) is 14.7 Å². The number of carboxylic acids is 1. The Bertz CT molecular complexity index is 703. The summed E-state index contributed by atoms with van der Waals surface area (Å²) in [5, 5.41) is 9.37. The molecule has 3 rings (SSSR count). The van der Waals surface area contributed by atoms with Crippen molar-refractivity contribution in [2.24, 2.45) is 5.92 Å². The SMILES string of the molecule is Cc1cccc(C(c2ccc(Cl)s2)N2CCCC(C(=O)O)C2)n1. The van der Waals surface area contributed by atoms with E-state index in [-0.39, 0.29) is 12.0 Å². The molecular formula is C17H19ClN2O2S. The number of carbonyl (C=O) groups is 1. The standard InChI is InChI=1S/C17H19ClN2O2S/c1-11-4-2-6-13(19-11)16(14-7-8-15(18)23-14)20-9-3-5-12(10-20)17(21)22/h2,4,6-8,12,16H,3,5,9-10H2,1H3,(H,21,22). The Kier molecular flexibility index (Phi) is 4.99. The average molecular weight is 351 g/mol. The summed E-state index contributed by atoms with van der Waals surface area (Å²) in [7, 11) is 0. The molecule has 1 saturated heterocycles. The number of hydrogen-bond donors (Lipinski definition) is 1. The molecule has 2 aromatic rings. The van der Waals surface area contributed by atoms with Crippen LogP contribution in [0.2, 0.25) is 4.34 Å². The fourth-order valence-electron chi connectivity index (χ4n) is 3.15. The first-order valence-corrected chi connectivity index (χ1v) is 8.89. The molecule has 0 radical (unpaired) electrons. The highest BCUT2D eigenvalue weighted by Gasteiger charge is 2.32. The van der Waals surface area contributed by atoms with Gasteiger partial charge in [-0.25, -0.2) is 0 Å². The number of pyridine rings is 1. The third-order valence-electron chi connectivity index (χ3n) is 4.22. The maximum atomic E-state index is 11.4. The zero-order valence-corrected chi connectivity index (χ0v) is 14.5. The lowest BCUT2D eigenvalue weighted by Gasteiger charge is -2.36. The van der Waals surface area contributed by atoms with Crippen LogP contribution in [0.1, 0.15) is 35.1 Å². The smallest absolute Gasteiger partial charge is 0.307 e. The molecule has 0 saturated carbocycles. The van der Waals surface area contributed by atoms with E-state index in [2.05, 4.69) is 9.88 Å². The van der Waals surface area contributed by atoms with Crippen molar-refractivity contribution in [2.75, 3.05) is 13.1 Å². The van der Waals surface area contributed by atoms with E-state index in [4.69, 9.17) is 11.6 Å². The maximum absolute atomic E-state index is 11.4. The van der Waals surface area contributed by atoms with Crippen LogP contribution in [-0.2, 0) is 4.79 Å². The number of hydrogen-bond acceptors (Lipinski definition) is 4. The van der Waals surface area contributed by atoms with Crippen molar-refractivity contribution in [3.63, 3.8) is 0 Å². The molecule has 2 aromatic heterocycles. The van der Waals surface area contributed by atoms with Crippen LogP contribution in [0.4, 0.5) is 0 Å². The summed E-state index contributed by atoms with van der Waals surface area (Å²) in [5.74, 6) is -1.03. The molecule has 2 atom stereocenters. The Hall–Kier alpha value is -1.43. The van der Waals surface area contributed by atoms with Crippen LogP contribution >= 0.6 is 22.9 Å². The van der Waals surface area contributed by atoms with E-state index in [1.54, 1.807) is 0 Å². The Morgan fingerprint density at radius 3 is 2.91 bits per heavy atom. The highest BCUT2D eigenvalue weighted by molar-refractivity contribution is 7.16. The predicted molar refractivity (Wildman–Crippen MR) is 92.1 cm³/mol. The van der Waals surface area contributed by atoms with Gasteiger partial charge in [0.25, 0.3) is 0 Å². The minimum atomic E-state index is -0.713. The zero-order chi connectivity index (χ0) is 16.4. The van der Waals surface area contributed by atoms with Crippen LogP contribution in [0, 0.1) is 12.8 Å². The number of piperidine rings is 1. The van der Waals surface area contributed by atoms with E-state index in [1.807, 2.05) is 37.3 Å². The summed E-state index contributed by atoms with van der Waals surface area (Å²) >= 11 is 7.66. The summed E-state index contributed by atoms with van der Waals surface area (Å²) in [4.78, 5) is 19.4. The van der Waals surface area contributed by atoms with E-state index < -0.39 is 5.97 Å². The lowest BCUT2D eigenvalue weighted by atomic mass is 9.95. The average Bonchev–Trinajstić information content (AvgIpc) is 2.94. The van der Waals surface area contributed by atoms with Crippen molar-refractivity contribution in [3.05, 3.63) is 50.9 Å². The second kappa shape index (κ2) is 6.99. The Balaban J connectivity index is 1.96. The highest BCUT2D eigenvalue weighted by Crippen LogP contribution is 2.36. The Labute approximate surface area is 144 Å². The van der Waals surface area contributed by atoms with Crippen molar-refractivity contribution in [2.45, 2.75) is 25.8 Å². The predicted octanol–water partition coefficient (Wildman–Crippen LogP) is 3.99. The van der Waals surface area contributed by atoms with Crippen LogP contribution in [0.15, 0.2) is 30.3 Å². The molecule has 23 heavy (non-hydrogen) atoms. The molecule has 6 heteroatoms. The molecule has 1 N–H and O–H groups in total. The molecule has 0 bridgehead atoms. The fourth-order valence-corrected chi connectivity index (χ4v) is 4.36. The van der Waals surface area contributed by atoms with Crippen molar-refractivity contribution < 1.29 is 9.90 Å². The Morgan fingerprint density at radius 1 is 1.43 bits per heavy atom. The van der Waals surface area contributed by atoms with Crippen LogP contribution in [0.3, 0.4) is 0 Å². The van der Waals surface area contributed by atoms with Gasteiger partial charge in [0, 0.05) is 17.1 Å². The lowest BCUT2D eigenvalue weighted by Crippen LogP contribution is -2.41. The first-order valence-electron chi connectivity index (χ1n) is 7.70. The zero-order valence-electron chi connectivity index (χ0n) is 12.9. The summed E-state index contributed by atoms with van der Waals surface area (Å²) in [5.41, 5.74) is 1.91. The second-order valence-electron chi connectivity index (χ2n) is 5.92. The van der Waals surface area contributed by atoms with Gasteiger partial charge in [-0.2, -0.15) is 0 Å². The van der Waals surface area contributed by atoms with Crippen molar-refractivity contribution in [1.82, 2.24) is 9.88 Å². The molecule has 2 unspecified atom stereocenters. The van der Waals surface area contributed by atoms with E-state index in [9.17, 15) is 9.90 Å². The van der Waals surface area contributed by atoms with Crippen LogP contribution < -0.4 is 0 Å². The lowest BCUT2D eigenvalue weighted by molar-refractivity contribution is -0.143. The van der Waals surface area contributed by atoms with Crippen molar-refractivity contribution in [3.8, 4) is 0 Å². The Morgan fingerprint density at radius 2 is 2.26 bits per heavy atom. The van der Waals surface area contributed by atoms with E-state index in [1.165, 1.54) is 11.3 Å². The molecule has 0 amide bonds. The molecular weight excluding hydrogens is 332 g/mol. The monoisotopic (exact) mass is 350 g/mol. The van der Waals surface area contributed by atoms with Crippen LogP contribution in [0.5, 0.6) is 0 Å². The third kappa shape index (κ3) is 3.74. The number of rotatable bonds is 4. The molecule has 122 valence electrons. The van der Waals surface area contributed by atoms with Crippen LogP contribution in [-0.4, -0.2) is 34.0 Å². The second-order valence-corrected chi connectivity index (χ2v) is 7.67. The number of halogens is 1. The molecule has 1 fully saturated rings. The molecule has 1 aliphatic heterocycles. The van der Waals surface area contributed by atoms with E-state index >= 15 is 0 Å².